The Morgan fingerprint density at radius 2 is 2.10 bits per heavy atom. The molecule has 0 spiro atoms. The van der Waals surface area contributed by atoms with Gasteiger partial charge in [0.15, 0.2) is 17.1 Å². The summed E-state index contributed by atoms with van der Waals surface area (Å²) in [5.41, 5.74) is 3.56. The van der Waals surface area contributed by atoms with Gasteiger partial charge >= 0.3 is 0 Å². The van der Waals surface area contributed by atoms with E-state index in [0.717, 1.165) is 51.3 Å². The van der Waals surface area contributed by atoms with Crippen LogP contribution in [-0.4, -0.2) is 27.8 Å². The number of amides is 1. The topological polar surface area (TPSA) is 82.2 Å². The molecule has 2 aromatic carbocycles. The highest BCUT2D eigenvalue weighted by Gasteiger charge is 2.27. The minimum Gasteiger partial charge on any atom is -0.493 e. The van der Waals surface area contributed by atoms with Gasteiger partial charge in [-0.2, -0.15) is 9.78 Å². The number of anilines is 1. The molecule has 0 bridgehead atoms. The first-order valence-corrected chi connectivity index (χ1v) is 10.9. The van der Waals surface area contributed by atoms with Crippen LogP contribution in [0.5, 0.6) is 5.75 Å². The zero-order valence-electron chi connectivity index (χ0n) is 16.7. The van der Waals surface area contributed by atoms with E-state index in [1.165, 1.54) is 0 Å². The molecule has 31 heavy (non-hydrogen) atoms. The van der Waals surface area contributed by atoms with Gasteiger partial charge in [0.1, 0.15) is 5.82 Å². The molecule has 0 fully saturated rings. The molecular weight excluding hydrogens is 412 g/mol. The standard InChI is InChI=1S/C23H18N4O3S/c1-29-17-10-4-6-13-12-18(30-20(13)17)22(28)25-21-14-7-5-9-15(14)26-27(21)23-24-16-8-2-3-11-19(16)31-23/h2-4,6,8,10-12H,5,7,9H2,1H3,(H,25,28). The summed E-state index contributed by atoms with van der Waals surface area (Å²) in [7, 11) is 1.58. The highest BCUT2D eigenvalue weighted by molar-refractivity contribution is 7.20. The molecule has 0 unspecified atom stereocenters. The van der Waals surface area contributed by atoms with E-state index in [0.29, 0.717) is 17.2 Å². The van der Waals surface area contributed by atoms with Crippen LogP contribution in [0, 0.1) is 0 Å². The predicted molar refractivity (Wildman–Crippen MR) is 119 cm³/mol. The molecule has 7 nitrogen and oxygen atoms in total. The van der Waals surface area contributed by atoms with Gasteiger partial charge in [0.25, 0.3) is 5.91 Å². The van der Waals surface area contributed by atoms with Crippen LogP contribution < -0.4 is 10.1 Å². The van der Waals surface area contributed by atoms with Gasteiger partial charge in [0, 0.05) is 10.9 Å². The number of methoxy groups -OCH3 is 1. The molecule has 8 heteroatoms. The molecule has 0 radical (unpaired) electrons. The van der Waals surface area contributed by atoms with Gasteiger partial charge in [0.2, 0.25) is 5.13 Å². The maximum atomic E-state index is 13.1. The van der Waals surface area contributed by atoms with Crippen molar-refractivity contribution in [2.24, 2.45) is 0 Å². The molecule has 1 aliphatic rings. The smallest absolute Gasteiger partial charge is 0.292 e. The minimum atomic E-state index is -0.324. The van der Waals surface area contributed by atoms with Crippen LogP contribution in [0.25, 0.3) is 26.3 Å². The van der Waals surface area contributed by atoms with Crippen LogP contribution in [0.15, 0.2) is 52.9 Å². The lowest BCUT2D eigenvalue weighted by atomic mass is 10.2. The van der Waals surface area contributed by atoms with E-state index in [9.17, 15) is 4.79 Å². The number of aryl methyl sites for hydroxylation is 1. The number of ether oxygens (including phenoxy) is 1. The SMILES string of the molecule is COc1cccc2cc(C(=O)Nc3c4c(nn3-c3nc5ccccc5s3)CCC4)oc12. The van der Waals surface area contributed by atoms with Crippen LogP contribution in [0.1, 0.15) is 28.2 Å². The lowest BCUT2D eigenvalue weighted by molar-refractivity contribution is 0.0997. The summed E-state index contributed by atoms with van der Waals surface area (Å²) in [5, 5.41) is 9.36. The van der Waals surface area contributed by atoms with Crippen molar-refractivity contribution in [1.82, 2.24) is 14.8 Å². The number of fused-ring (bicyclic) bond motifs is 3. The van der Waals surface area contributed by atoms with Crippen molar-refractivity contribution in [2.75, 3.05) is 12.4 Å². The molecule has 3 heterocycles. The maximum absolute atomic E-state index is 13.1. The van der Waals surface area contributed by atoms with Gasteiger partial charge in [-0.25, -0.2) is 4.98 Å². The maximum Gasteiger partial charge on any atom is 0.292 e. The van der Waals surface area contributed by atoms with E-state index in [1.807, 2.05) is 42.5 Å². The van der Waals surface area contributed by atoms with Crippen molar-refractivity contribution in [1.29, 1.82) is 0 Å². The van der Waals surface area contributed by atoms with E-state index >= 15 is 0 Å². The van der Waals surface area contributed by atoms with Crippen molar-refractivity contribution in [3.63, 3.8) is 0 Å². The summed E-state index contributed by atoms with van der Waals surface area (Å²) < 4.78 is 14.0. The number of rotatable bonds is 4. The summed E-state index contributed by atoms with van der Waals surface area (Å²) in [5.74, 6) is 1.17. The van der Waals surface area contributed by atoms with Crippen LogP contribution in [0.2, 0.25) is 0 Å². The fourth-order valence-electron chi connectivity index (χ4n) is 4.09. The van der Waals surface area contributed by atoms with Gasteiger partial charge < -0.3 is 14.5 Å². The predicted octanol–water partition coefficient (Wildman–Crippen LogP) is 4.98. The first-order valence-electron chi connectivity index (χ1n) is 10.1. The molecule has 5 aromatic rings. The largest absolute Gasteiger partial charge is 0.493 e. The van der Waals surface area contributed by atoms with Crippen molar-refractivity contribution < 1.29 is 13.9 Å². The van der Waals surface area contributed by atoms with Crippen molar-refractivity contribution in [2.45, 2.75) is 19.3 Å². The summed E-state index contributed by atoms with van der Waals surface area (Å²) in [6.07, 6.45) is 2.81. The summed E-state index contributed by atoms with van der Waals surface area (Å²) in [6.45, 7) is 0. The number of para-hydroxylation sites is 2. The normalized spacial score (nSPS) is 13.1. The lowest BCUT2D eigenvalue weighted by Gasteiger charge is -2.07. The fraction of sp³-hybridized carbons (Fsp3) is 0.174. The summed E-state index contributed by atoms with van der Waals surface area (Å²) in [6, 6.07) is 15.3. The monoisotopic (exact) mass is 430 g/mol. The van der Waals surface area contributed by atoms with Crippen molar-refractivity contribution >= 4 is 44.2 Å². The molecule has 1 aliphatic carbocycles. The molecule has 3 aromatic heterocycles. The highest BCUT2D eigenvalue weighted by atomic mass is 32.1. The first-order chi connectivity index (χ1) is 15.2. The Bertz CT molecular complexity index is 1430. The Balaban J connectivity index is 1.41. The van der Waals surface area contributed by atoms with Crippen molar-refractivity contribution in [3.8, 4) is 10.9 Å². The van der Waals surface area contributed by atoms with E-state index in [2.05, 4.69) is 5.32 Å². The van der Waals surface area contributed by atoms with Crippen LogP contribution in [0.4, 0.5) is 5.82 Å². The quantitative estimate of drug-likeness (QED) is 0.435. The third-order valence-electron chi connectivity index (χ3n) is 5.55. The van der Waals surface area contributed by atoms with E-state index in [4.69, 9.17) is 19.2 Å². The molecule has 6 rings (SSSR count). The average Bonchev–Trinajstić information content (AvgIpc) is 3.55. The van der Waals surface area contributed by atoms with Crippen LogP contribution in [0.3, 0.4) is 0 Å². The molecule has 1 amide bonds. The van der Waals surface area contributed by atoms with Gasteiger partial charge in [-0.05, 0) is 43.5 Å². The molecule has 0 aliphatic heterocycles. The molecule has 0 saturated carbocycles. The Hall–Kier alpha value is -3.65. The number of nitrogens with one attached hydrogen (secondary N) is 1. The number of aromatic nitrogens is 3. The molecular formula is C23H18N4O3S. The first kappa shape index (κ1) is 18.1. The minimum absolute atomic E-state index is 0.225. The van der Waals surface area contributed by atoms with Gasteiger partial charge in [-0.1, -0.05) is 35.6 Å². The second-order valence-corrected chi connectivity index (χ2v) is 8.46. The summed E-state index contributed by atoms with van der Waals surface area (Å²) in [4.78, 5) is 17.9. The average molecular weight is 430 g/mol. The lowest BCUT2D eigenvalue weighted by Crippen LogP contribution is -2.15. The highest BCUT2D eigenvalue weighted by Crippen LogP contribution is 2.34. The van der Waals surface area contributed by atoms with Gasteiger partial charge in [0.05, 0.1) is 23.0 Å². The van der Waals surface area contributed by atoms with E-state index < -0.39 is 0 Å². The second kappa shape index (κ2) is 6.95. The number of carbonyl (C=O) groups excluding carboxylic acids is 1. The Morgan fingerprint density at radius 3 is 2.97 bits per heavy atom. The third-order valence-corrected chi connectivity index (χ3v) is 6.57. The van der Waals surface area contributed by atoms with Gasteiger partial charge in [-0.3, -0.25) is 4.79 Å². The fourth-order valence-corrected chi connectivity index (χ4v) is 5.01. The van der Waals surface area contributed by atoms with Crippen LogP contribution >= 0.6 is 11.3 Å². The number of furan rings is 1. The number of nitrogens with zero attached hydrogens (tertiary/aromatic N) is 3. The number of benzene rings is 2. The zero-order chi connectivity index (χ0) is 20.9. The zero-order valence-corrected chi connectivity index (χ0v) is 17.5. The number of hydrogen-bond acceptors (Lipinski definition) is 6. The number of hydrogen-bond donors (Lipinski definition) is 1. The Kier molecular flexibility index (Phi) is 4.07. The van der Waals surface area contributed by atoms with Gasteiger partial charge in [-0.15, -0.1) is 0 Å². The van der Waals surface area contributed by atoms with Crippen molar-refractivity contribution in [3.05, 3.63) is 65.5 Å². The molecule has 0 saturated heterocycles. The molecule has 1 N–H and O–H groups in total. The number of thiazole rings is 1. The summed E-state index contributed by atoms with van der Waals surface area (Å²) >= 11 is 1.55. The molecule has 0 atom stereocenters. The number of carbonyl (C=O) groups is 1. The third kappa shape index (κ3) is 2.90. The van der Waals surface area contributed by atoms with E-state index in [-0.39, 0.29) is 11.7 Å². The second-order valence-electron chi connectivity index (χ2n) is 7.45. The van der Waals surface area contributed by atoms with E-state index in [1.54, 1.807) is 29.2 Å². The van der Waals surface area contributed by atoms with Crippen LogP contribution in [-0.2, 0) is 12.8 Å². The molecule has 154 valence electrons. The Morgan fingerprint density at radius 1 is 1.19 bits per heavy atom. The Labute approximate surface area is 181 Å².